The lowest BCUT2D eigenvalue weighted by atomic mass is 10.4. The second-order valence-electron chi connectivity index (χ2n) is 3.01. The zero-order chi connectivity index (χ0) is 12.2. The van der Waals surface area contributed by atoms with Crippen LogP contribution in [0.5, 0.6) is 0 Å². The van der Waals surface area contributed by atoms with Gasteiger partial charge in [0, 0.05) is 5.75 Å². The highest BCUT2D eigenvalue weighted by molar-refractivity contribution is 7.89. The number of carboxylic acids is 1. The SMILES string of the molecule is O=C(O)C(CS)NS(=O)(=O)c1ccccc1. The van der Waals surface area contributed by atoms with Crippen LogP contribution in [0.4, 0.5) is 0 Å². The lowest BCUT2D eigenvalue weighted by Crippen LogP contribution is -2.41. The number of benzene rings is 1. The van der Waals surface area contributed by atoms with Crippen LogP contribution in [-0.2, 0) is 14.8 Å². The van der Waals surface area contributed by atoms with Crippen LogP contribution in [0.15, 0.2) is 35.2 Å². The number of carboxylic acid groups (broad SMARTS) is 1. The normalized spacial score (nSPS) is 13.3. The molecule has 0 bridgehead atoms. The number of carbonyl (C=O) groups is 1. The smallest absolute Gasteiger partial charge is 0.322 e. The fraction of sp³-hybridized carbons (Fsp3) is 0.222. The average molecular weight is 261 g/mol. The van der Waals surface area contributed by atoms with Gasteiger partial charge in [0.2, 0.25) is 10.0 Å². The molecule has 1 aromatic rings. The molecule has 0 amide bonds. The molecular formula is C9H11NO4S2. The number of nitrogens with one attached hydrogen (secondary N) is 1. The molecule has 1 unspecified atom stereocenters. The number of hydrogen-bond donors (Lipinski definition) is 3. The van der Waals surface area contributed by atoms with Gasteiger partial charge in [-0.2, -0.15) is 17.4 Å². The summed E-state index contributed by atoms with van der Waals surface area (Å²) in [6.07, 6.45) is 0. The summed E-state index contributed by atoms with van der Waals surface area (Å²) in [5, 5.41) is 8.71. The van der Waals surface area contributed by atoms with Gasteiger partial charge in [-0.05, 0) is 12.1 Å². The van der Waals surface area contributed by atoms with Crippen molar-refractivity contribution in [1.29, 1.82) is 0 Å². The Hall–Kier alpha value is -1.05. The van der Waals surface area contributed by atoms with E-state index in [1.807, 2.05) is 0 Å². The molecule has 2 N–H and O–H groups in total. The first kappa shape index (κ1) is 13.0. The Kier molecular flexibility index (Phi) is 4.34. The van der Waals surface area contributed by atoms with Gasteiger partial charge in [-0.3, -0.25) is 4.79 Å². The zero-order valence-electron chi connectivity index (χ0n) is 8.20. The van der Waals surface area contributed by atoms with E-state index in [2.05, 4.69) is 17.4 Å². The summed E-state index contributed by atoms with van der Waals surface area (Å²) in [4.78, 5) is 10.7. The molecule has 5 nitrogen and oxygen atoms in total. The third-order valence-electron chi connectivity index (χ3n) is 1.83. The molecule has 1 atom stereocenters. The summed E-state index contributed by atoms with van der Waals surface area (Å²) in [5.74, 6) is -1.36. The highest BCUT2D eigenvalue weighted by Gasteiger charge is 2.23. The topological polar surface area (TPSA) is 83.5 Å². The molecule has 1 rings (SSSR count). The lowest BCUT2D eigenvalue weighted by molar-refractivity contribution is -0.138. The van der Waals surface area contributed by atoms with Crippen molar-refractivity contribution in [3.8, 4) is 0 Å². The first-order valence-corrected chi connectivity index (χ1v) is 6.50. The molecule has 0 fully saturated rings. The van der Waals surface area contributed by atoms with Gasteiger partial charge >= 0.3 is 5.97 Å². The first-order valence-electron chi connectivity index (χ1n) is 4.38. The minimum absolute atomic E-state index is 0.0306. The monoisotopic (exact) mass is 261 g/mol. The summed E-state index contributed by atoms with van der Waals surface area (Å²) < 4.78 is 25.5. The summed E-state index contributed by atoms with van der Waals surface area (Å²) in [7, 11) is -3.80. The molecule has 0 aromatic heterocycles. The van der Waals surface area contributed by atoms with Crippen LogP contribution in [0.3, 0.4) is 0 Å². The zero-order valence-corrected chi connectivity index (χ0v) is 9.91. The molecule has 0 radical (unpaired) electrons. The van der Waals surface area contributed by atoms with Gasteiger partial charge in [-0.25, -0.2) is 8.42 Å². The molecular weight excluding hydrogens is 250 g/mol. The molecule has 0 saturated heterocycles. The predicted octanol–water partition coefficient (Wildman–Crippen LogP) is 0.348. The van der Waals surface area contributed by atoms with Gasteiger partial charge in [-0.15, -0.1) is 0 Å². The summed E-state index contributed by atoms with van der Waals surface area (Å²) in [6, 6.07) is 6.34. The van der Waals surface area contributed by atoms with E-state index in [9.17, 15) is 13.2 Å². The standard InChI is InChI=1S/C9H11NO4S2/c11-9(12)8(6-15)10-16(13,14)7-4-2-1-3-5-7/h1-5,8,10,15H,6H2,(H,11,12). The van der Waals surface area contributed by atoms with Crippen LogP contribution < -0.4 is 4.72 Å². The minimum Gasteiger partial charge on any atom is -0.480 e. The van der Waals surface area contributed by atoms with E-state index in [-0.39, 0.29) is 10.6 Å². The molecule has 0 spiro atoms. The van der Waals surface area contributed by atoms with E-state index >= 15 is 0 Å². The molecule has 16 heavy (non-hydrogen) atoms. The maximum atomic E-state index is 11.7. The van der Waals surface area contributed by atoms with E-state index in [1.54, 1.807) is 18.2 Å². The summed E-state index contributed by atoms with van der Waals surface area (Å²) >= 11 is 3.77. The quantitative estimate of drug-likeness (QED) is 0.668. The van der Waals surface area contributed by atoms with Crippen molar-refractivity contribution in [3.05, 3.63) is 30.3 Å². The van der Waals surface area contributed by atoms with Gasteiger partial charge in [-0.1, -0.05) is 18.2 Å². The van der Waals surface area contributed by atoms with E-state index in [0.29, 0.717) is 0 Å². The Labute approximate surface area is 98.9 Å². The number of hydrogen-bond acceptors (Lipinski definition) is 4. The van der Waals surface area contributed by atoms with Crippen molar-refractivity contribution in [2.45, 2.75) is 10.9 Å². The van der Waals surface area contributed by atoms with Crippen molar-refractivity contribution in [1.82, 2.24) is 4.72 Å². The molecule has 0 aliphatic heterocycles. The molecule has 7 heteroatoms. The van der Waals surface area contributed by atoms with E-state index in [0.717, 1.165) is 0 Å². The fourth-order valence-corrected chi connectivity index (χ4v) is 2.60. The number of thiol groups is 1. The van der Waals surface area contributed by atoms with E-state index in [4.69, 9.17) is 5.11 Å². The Morgan fingerprint density at radius 3 is 2.38 bits per heavy atom. The average Bonchev–Trinajstić information content (AvgIpc) is 2.27. The largest absolute Gasteiger partial charge is 0.480 e. The number of rotatable bonds is 5. The van der Waals surface area contributed by atoms with Gasteiger partial charge < -0.3 is 5.11 Å². The fourth-order valence-electron chi connectivity index (χ4n) is 1.02. The van der Waals surface area contributed by atoms with Crippen LogP contribution in [0.25, 0.3) is 0 Å². The van der Waals surface area contributed by atoms with Gasteiger partial charge in [0.05, 0.1) is 4.90 Å². The maximum absolute atomic E-state index is 11.7. The summed E-state index contributed by atoms with van der Waals surface area (Å²) in [6.45, 7) is 0. The van der Waals surface area contributed by atoms with Crippen molar-refractivity contribution < 1.29 is 18.3 Å². The van der Waals surface area contributed by atoms with E-state index < -0.39 is 22.0 Å². The summed E-state index contributed by atoms with van der Waals surface area (Å²) in [5.41, 5.74) is 0. The third kappa shape index (κ3) is 3.22. The molecule has 0 aliphatic carbocycles. The third-order valence-corrected chi connectivity index (χ3v) is 3.68. The van der Waals surface area contributed by atoms with Crippen LogP contribution in [0, 0.1) is 0 Å². The molecule has 1 aromatic carbocycles. The molecule has 0 heterocycles. The highest BCUT2D eigenvalue weighted by atomic mass is 32.2. The molecule has 88 valence electrons. The van der Waals surface area contributed by atoms with Crippen molar-refractivity contribution in [2.75, 3.05) is 5.75 Å². The maximum Gasteiger partial charge on any atom is 0.322 e. The lowest BCUT2D eigenvalue weighted by Gasteiger charge is -2.12. The predicted molar refractivity (Wildman–Crippen MR) is 62.0 cm³/mol. The first-order chi connectivity index (χ1) is 7.47. The highest BCUT2D eigenvalue weighted by Crippen LogP contribution is 2.08. The second kappa shape index (κ2) is 5.33. The van der Waals surface area contributed by atoms with Crippen LogP contribution >= 0.6 is 12.6 Å². The van der Waals surface area contributed by atoms with Crippen molar-refractivity contribution in [3.63, 3.8) is 0 Å². The van der Waals surface area contributed by atoms with Gasteiger partial charge in [0.15, 0.2) is 0 Å². The Morgan fingerprint density at radius 2 is 1.94 bits per heavy atom. The minimum atomic E-state index is -3.80. The number of sulfonamides is 1. The van der Waals surface area contributed by atoms with Crippen molar-refractivity contribution >= 4 is 28.6 Å². The van der Waals surface area contributed by atoms with Crippen LogP contribution in [-0.4, -0.2) is 31.3 Å². The van der Waals surface area contributed by atoms with Crippen LogP contribution in [0.1, 0.15) is 0 Å². The Bertz CT molecular complexity index is 458. The van der Waals surface area contributed by atoms with E-state index in [1.165, 1.54) is 12.1 Å². The Morgan fingerprint density at radius 1 is 1.38 bits per heavy atom. The molecule has 0 aliphatic rings. The number of aliphatic carboxylic acids is 1. The Balaban J connectivity index is 2.92. The van der Waals surface area contributed by atoms with Crippen LogP contribution in [0.2, 0.25) is 0 Å². The van der Waals surface area contributed by atoms with Crippen molar-refractivity contribution in [2.24, 2.45) is 0 Å². The van der Waals surface area contributed by atoms with Gasteiger partial charge in [0.25, 0.3) is 0 Å². The van der Waals surface area contributed by atoms with Gasteiger partial charge in [0.1, 0.15) is 6.04 Å². The second-order valence-corrected chi connectivity index (χ2v) is 5.09. The molecule has 0 saturated carbocycles.